The smallest absolute Gasteiger partial charge is 0.00968 e. The molecule has 0 nitrogen and oxygen atoms in total. The van der Waals surface area contributed by atoms with Crippen LogP contribution in [0.4, 0.5) is 0 Å². The highest BCUT2D eigenvalue weighted by Gasteiger charge is 2.04. The molecule has 1 atom stereocenters. The fraction of sp³-hybridized carbons (Fsp3) is 0.556. The zero-order valence-electron chi connectivity index (χ0n) is 6.57. The Morgan fingerprint density at radius 1 is 1.70 bits per heavy atom. The van der Waals surface area contributed by atoms with E-state index in [1.807, 2.05) is 6.08 Å². The Labute approximate surface area is 72.1 Å². The van der Waals surface area contributed by atoms with E-state index in [4.69, 9.17) is 0 Å². The van der Waals surface area contributed by atoms with Gasteiger partial charge in [0.25, 0.3) is 0 Å². The van der Waals surface area contributed by atoms with Crippen LogP contribution in [0.2, 0.25) is 0 Å². The lowest BCUT2D eigenvalue weighted by molar-refractivity contribution is 0.637. The molecule has 0 aromatic rings. The van der Waals surface area contributed by atoms with Crippen molar-refractivity contribution in [2.75, 3.05) is 5.33 Å². The van der Waals surface area contributed by atoms with Crippen LogP contribution in [0.3, 0.4) is 0 Å². The second kappa shape index (κ2) is 5.72. The molecule has 10 heavy (non-hydrogen) atoms. The van der Waals surface area contributed by atoms with E-state index in [2.05, 4.69) is 36.0 Å². The summed E-state index contributed by atoms with van der Waals surface area (Å²) in [5, 5.41) is 1.02. The molecule has 0 heterocycles. The van der Waals surface area contributed by atoms with Gasteiger partial charge in [0.05, 0.1) is 0 Å². The molecule has 0 saturated heterocycles. The van der Waals surface area contributed by atoms with Crippen molar-refractivity contribution < 1.29 is 0 Å². The number of hydrogen-bond acceptors (Lipinski definition) is 0. The molecule has 1 heteroatoms. The van der Waals surface area contributed by atoms with Crippen LogP contribution < -0.4 is 0 Å². The minimum absolute atomic E-state index is 0.623. The summed E-state index contributed by atoms with van der Waals surface area (Å²) in [6.45, 7) is 9.67. The van der Waals surface area contributed by atoms with Crippen molar-refractivity contribution in [3.8, 4) is 0 Å². The normalized spacial score (nSPS) is 12.6. The number of rotatable bonds is 5. The first-order valence-electron chi connectivity index (χ1n) is 3.54. The fourth-order valence-electron chi connectivity index (χ4n) is 0.774. The van der Waals surface area contributed by atoms with Crippen LogP contribution in [0.5, 0.6) is 0 Å². The van der Waals surface area contributed by atoms with Crippen LogP contribution in [0.15, 0.2) is 24.8 Å². The summed E-state index contributed by atoms with van der Waals surface area (Å²) < 4.78 is 0. The zero-order valence-corrected chi connectivity index (χ0v) is 8.15. The van der Waals surface area contributed by atoms with Gasteiger partial charge in [-0.25, -0.2) is 0 Å². The average Bonchev–Trinajstić information content (AvgIpc) is 1.89. The van der Waals surface area contributed by atoms with Gasteiger partial charge in [0.15, 0.2) is 0 Å². The lowest BCUT2D eigenvalue weighted by Crippen LogP contribution is -2.01. The molecule has 0 aliphatic carbocycles. The van der Waals surface area contributed by atoms with E-state index in [0.29, 0.717) is 5.92 Å². The second-order valence-electron chi connectivity index (χ2n) is 2.56. The second-order valence-corrected chi connectivity index (χ2v) is 3.21. The summed E-state index contributed by atoms with van der Waals surface area (Å²) in [6, 6.07) is 0. The van der Waals surface area contributed by atoms with Gasteiger partial charge in [-0.1, -0.05) is 34.2 Å². The quantitative estimate of drug-likeness (QED) is 0.473. The van der Waals surface area contributed by atoms with Gasteiger partial charge in [-0.15, -0.1) is 6.58 Å². The SMILES string of the molecule is C=CCCC(CBr)C(=C)C. The van der Waals surface area contributed by atoms with Gasteiger partial charge in [0.1, 0.15) is 0 Å². The summed E-state index contributed by atoms with van der Waals surface area (Å²) in [6.07, 6.45) is 4.21. The van der Waals surface area contributed by atoms with Gasteiger partial charge in [-0.2, -0.15) is 0 Å². The molecule has 0 radical (unpaired) electrons. The van der Waals surface area contributed by atoms with Crippen LogP contribution in [0, 0.1) is 5.92 Å². The molecule has 0 saturated carbocycles. The highest BCUT2D eigenvalue weighted by molar-refractivity contribution is 9.09. The van der Waals surface area contributed by atoms with Gasteiger partial charge in [-0.3, -0.25) is 0 Å². The summed E-state index contributed by atoms with van der Waals surface area (Å²) in [7, 11) is 0. The predicted octanol–water partition coefficient (Wildman–Crippen LogP) is 3.54. The Balaban J connectivity index is 3.60. The minimum Gasteiger partial charge on any atom is -0.103 e. The van der Waals surface area contributed by atoms with Crippen LogP contribution in [-0.2, 0) is 0 Å². The van der Waals surface area contributed by atoms with E-state index in [1.54, 1.807) is 0 Å². The van der Waals surface area contributed by atoms with Crippen molar-refractivity contribution >= 4 is 15.9 Å². The van der Waals surface area contributed by atoms with Crippen molar-refractivity contribution in [3.63, 3.8) is 0 Å². The molecule has 0 fully saturated rings. The van der Waals surface area contributed by atoms with Crippen LogP contribution in [0.25, 0.3) is 0 Å². The Morgan fingerprint density at radius 3 is 2.60 bits per heavy atom. The van der Waals surface area contributed by atoms with Crippen LogP contribution >= 0.6 is 15.9 Å². The molecule has 0 aromatic heterocycles. The standard InChI is InChI=1S/C9H15Br/c1-4-5-6-9(7-10)8(2)3/h4,9H,1-2,5-7H2,3H3. The summed E-state index contributed by atoms with van der Waals surface area (Å²) in [5.74, 6) is 0.623. The zero-order chi connectivity index (χ0) is 7.98. The predicted molar refractivity (Wildman–Crippen MR) is 51.5 cm³/mol. The summed E-state index contributed by atoms with van der Waals surface area (Å²) >= 11 is 3.45. The van der Waals surface area contributed by atoms with Crippen molar-refractivity contribution in [3.05, 3.63) is 24.8 Å². The Bertz CT molecular complexity index is 116. The van der Waals surface area contributed by atoms with Gasteiger partial charge < -0.3 is 0 Å². The summed E-state index contributed by atoms with van der Waals surface area (Å²) in [4.78, 5) is 0. The highest BCUT2D eigenvalue weighted by Crippen LogP contribution is 2.17. The van der Waals surface area contributed by atoms with Gasteiger partial charge in [-0.05, 0) is 25.7 Å². The highest BCUT2D eigenvalue weighted by atomic mass is 79.9. The molecule has 58 valence electrons. The van der Waals surface area contributed by atoms with Crippen molar-refractivity contribution in [2.45, 2.75) is 19.8 Å². The lowest BCUT2D eigenvalue weighted by atomic mass is 9.99. The third-order valence-electron chi connectivity index (χ3n) is 1.60. The summed E-state index contributed by atoms with van der Waals surface area (Å²) in [5.41, 5.74) is 1.26. The van der Waals surface area contributed by atoms with Crippen LogP contribution in [0.1, 0.15) is 19.8 Å². The largest absolute Gasteiger partial charge is 0.103 e. The van der Waals surface area contributed by atoms with E-state index >= 15 is 0 Å². The molecule has 1 unspecified atom stereocenters. The minimum atomic E-state index is 0.623. The number of alkyl halides is 1. The fourth-order valence-corrected chi connectivity index (χ4v) is 1.65. The third kappa shape index (κ3) is 3.89. The molecule has 0 rings (SSSR count). The van der Waals surface area contributed by atoms with E-state index in [1.165, 1.54) is 12.0 Å². The maximum Gasteiger partial charge on any atom is 0.00968 e. The van der Waals surface area contributed by atoms with Crippen molar-refractivity contribution in [1.29, 1.82) is 0 Å². The van der Waals surface area contributed by atoms with Crippen molar-refractivity contribution in [1.82, 2.24) is 0 Å². The number of halogens is 1. The molecule has 0 bridgehead atoms. The van der Waals surface area contributed by atoms with Crippen LogP contribution in [-0.4, -0.2) is 5.33 Å². The molecule has 0 spiro atoms. The van der Waals surface area contributed by atoms with Gasteiger partial charge >= 0.3 is 0 Å². The van der Waals surface area contributed by atoms with Gasteiger partial charge in [0.2, 0.25) is 0 Å². The van der Waals surface area contributed by atoms with E-state index in [-0.39, 0.29) is 0 Å². The molecular formula is C9H15Br. The third-order valence-corrected chi connectivity index (χ3v) is 2.38. The van der Waals surface area contributed by atoms with E-state index in [9.17, 15) is 0 Å². The molecule has 0 amide bonds. The van der Waals surface area contributed by atoms with E-state index in [0.717, 1.165) is 11.8 Å². The maximum atomic E-state index is 3.91. The number of hydrogen-bond donors (Lipinski definition) is 0. The van der Waals surface area contributed by atoms with Gasteiger partial charge in [0, 0.05) is 5.33 Å². The molecule has 0 aliphatic rings. The maximum absolute atomic E-state index is 3.91. The number of allylic oxidation sites excluding steroid dienone is 2. The molecule has 0 aromatic carbocycles. The average molecular weight is 203 g/mol. The molecular weight excluding hydrogens is 188 g/mol. The monoisotopic (exact) mass is 202 g/mol. The first-order valence-corrected chi connectivity index (χ1v) is 4.66. The Morgan fingerprint density at radius 2 is 2.30 bits per heavy atom. The first-order chi connectivity index (χ1) is 4.72. The Hall–Kier alpha value is -0.0400. The lowest BCUT2D eigenvalue weighted by Gasteiger charge is -2.11. The topological polar surface area (TPSA) is 0 Å². The van der Waals surface area contributed by atoms with Crippen molar-refractivity contribution in [2.24, 2.45) is 5.92 Å². The Kier molecular flexibility index (Phi) is 5.70. The molecule has 0 N–H and O–H groups in total. The van der Waals surface area contributed by atoms with E-state index < -0.39 is 0 Å². The molecule has 0 aliphatic heterocycles. The first kappa shape index (κ1) is 9.96.